The van der Waals surface area contributed by atoms with Gasteiger partial charge in [0.1, 0.15) is 0 Å². The highest BCUT2D eigenvalue weighted by Crippen LogP contribution is 2.46. The van der Waals surface area contributed by atoms with Crippen LogP contribution in [0.15, 0.2) is 182 Å². The highest BCUT2D eigenvalue weighted by atomic mass is 15.1. The third kappa shape index (κ3) is 4.80. The maximum Gasteiger partial charge on any atom is 0.0970 e. The van der Waals surface area contributed by atoms with Gasteiger partial charge in [-0.3, -0.25) is 9.97 Å². The van der Waals surface area contributed by atoms with Crippen molar-refractivity contribution in [1.29, 1.82) is 0 Å². The third-order valence-corrected chi connectivity index (χ3v) is 9.88. The number of pyridine rings is 3. The van der Waals surface area contributed by atoms with Crippen molar-refractivity contribution in [3.8, 4) is 22.4 Å². The van der Waals surface area contributed by atoms with Crippen LogP contribution in [0.4, 0.5) is 17.1 Å². The van der Waals surface area contributed by atoms with Crippen LogP contribution in [-0.2, 0) is 0 Å². The maximum atomic E-state index is 5.57. The summed E-state index contributed by atoms with van der Waals surface area (Å²) >= 11 is 0. The molecule has 10 rings (SSSR count). The summed E-state index contributed by atoms with van der Waals surface area (Å²) in [5, 5.41) is 7.93. The summed E-state index contributed by atoms with van der Waals surface area (Å²) in [6.45, 7) is 0. The predicted molar refractivity (Wildman–Crippen MR) is 213 cm³/mol. The number of fused-ring (bicyclic) bond motifs is 8. The van der Waals surface area contributed by atoms with E-state index in [1.807, 2.05) is 18.5 Å². The van der Waals surface area contributed by atoms with E-state index in [0.29, 0.717) is 0 Å². The van der Waals surface area contributed by atoms with Gasteiger partial charge in [0.2, 0.25) is 0 Å². The first-order valence-corrected chi connectivity index (χ1v) is 17.2. The molecule has 51 heavy (non-hydrogen) atoms. The first kappa shape index (κ1) is 29.0. The Labute approximate surface area is 294 Å². The Balaban J connectivity index is 1.33. The zero-order valence-corrected chi connectivity index (χ0v) is 27.6. The van der Waals surface area contributed by atoms with Gasteiger partial charge in [0.15, 0.2) is 0 Å². The average molecular weight is 651 g/mol. The molecule has 0 spiro atoms. The molecule has 0 N–H and O–H groups in total. The molecule has 10 aromatic rings. The predicted octanol–water partition coefficient (Wildman–Crippen LogP) is 12.4. The van der Waals surface area contributed by atoms with Crippen molar-refractivity contribution < 1.29 is 0 Å². The van der Waals surface area contributed by atoms with Gasteiger partial charge in [0.05, 0.1) is 22.2 Å². The van der Waals surface area contributed by atoms with Crippen molar-refractivity contribution in [2.75, 3.05) is 4.90 Å². The van der Waals surface area contributed by atoms with Gasteiger partial charge in [-0.15, -0.1) is 0 Å². The summed E-state index contributed by atoms with van der Waals surface area (Å²) in [5.41, 5.74) is 10.2. The smallest absolute Gasteiger partial charge is 0.0970 e. The van der Waals surface area contributed by atoms with Crippen LogP contribution in [0.5, 0.6) is 0 Å². The van der Waals surface area contributed by atoms with Gasteiger partial charge >= 0.3 is 0 Å². The van der Waals surface area contributed by atoms with Gasteiger partial charge in [0, 0.05) is 62.0 Å². The molecule has 0 unspecified atom stereocenters. The molecule has 0 atom stereocenters. The highest BCUT2D eigenvalue weighted by molar-refractivity contribution is 6.28. The first-order chi connectivity index (χ1) is 25.3. The summed E-state index contributed by atoms with van der Waals surface area (Å²) in [7, 11) is 0. The summed E-state index contributed by atoms with van der Waals surface area (Å²) in [6, 6.07) is 59.9. The second-order valence-corrected chi connectivity index (χ2v) is 12.8. The van der Waals surface area contributed by atoms with Crippen LogP contribution in [0.25, 0.3) is 76.6 Å². The normalized spacial score (nSPS) is 11.5. The van der Waals surface area contributed by atoms with Crippen LogP contribution in [0.2, 0.25) is 0 Å². The molecule has 0 amide bonds. The van der Waals surface area contributed by atoms with Crippen molar-refractivity contribution in [3.05, 3.63) is 182 Å². The summed E-state index contributed by atoms with van der Waals surface area (Å²) in [5.74, 6) is 0. The second-order valence-electron chi connectivity index (χ2n) is 12.8. The number of para-hydroxylation sites is 2. The van der Waals surface area contributed by atoms with Crippen LogP contribution in [-0.4, -0.2) is 15.0 Å². The minimum atomic E-state index is 0.897. The number of anilines is 3. The monoisotopic (exact) mass is 650 g/mol. The molecule has 0 aliphatic rings. The van der Waals surface area contributed by atoms with Gasteiger partial charge in [-0.2, -0.15) is 0 Å². The Morgan fingerprint density at radius 2 is 1.06 bits per heavy atom. The largest absolute Gasteiger partial charge is 0.310 e. The second kappa shape index (κ2) is 11.9. The first-order valence-electron chi connectivity index (χ1n) is 17.2. The lowest BCUT2D eigenvalue weighted by atomic mass is 9.87. The number of benzene rings is 7. The molecule has 3 heterocycles. The highest BCUT2D eigenvalue weighted by Gasteiger charge is 2.21. The number of aromatic nitrogens is 3. The van der Waals surface area contributed by atoms with Crippen molar-refractivity contribution >= 4 is 71.3 Å². The van der Waals surface area contributed by atoms with E-state index in [1.54, 1.807) is 0 Å². The molecular weight excluding hydrogens is 621 g/mol. The van der Waals surface area contributed by atoms with Gasteiger partial charge in [0.25, 0.3) is 0 Å². The fraction of sp³-hybridized carbons (Fsp3) is 0. The van der Waals surface area contributed by atoms with Gasteiger partial charge in [-0.05, 0) is 76.5 Å². The Bertz CT molecular complexity index is 2870. The topological polar surface area (TPSA) is 41.9 Å². The standard InChI is InChI=1S/C47H30N4/c1-4-13-31(14-5-1)45-44-41(38-26-28-49-47-39(38)24-22-32-16-12-27-48-46(32)47)29-33-15-10-11-21-37(33)43(44)40-25-23-36(30-42(40)50-45)51(34-17-6-2-7-18-34)35-19-8-3-9-20-35/h1-30H. The van der Waals surface area contributed by atoms with Gasteiger partial charge in [-0.1, -0.05) is 115 Å². The quantitative estimate of drug-likeness (QED) is 0.174. The lowest BCUT2D eigenvalue weighted by Crippen LogP contribution is -2.09. The molecule has 238 valence electrons. The van der Waals surface area contributed by atoms with E-state index in [9.17, 15) is 0 Å². The van der Waals surface area contributed by atoms with Crippen molar-refractivity contribution in [2.24, 2.45) is 0 Å². The molecular formula is C47H30N4. The van der Waals surface area contributed by atoms with Crippen LogP contribution in [0.1, 0.15) is 0 Å². The average Bonchev–Trinajstić information content (AvgIpc) is 3.21. The summed E-state index contributed by atoms with van der Waals surface area (Å²) < 4.78 is 0. The van der Waals surface area contributed by atoms with E-state index in [2.05, 4.69) is 169 Å². The van der Waals surface area contributed by atoms with Crippen molar-refractivity contribution in [2.45, 2.75) is 0 Å². The van der Waals surface area contributed by atoms with E-state index >= 15 is 0 Å². The third-order valence-electron chi connectivity index (χ3n) is 9.88. The van der Waals surface area contributed by atoms with Crippen LogP contribution >= 0.6 is 0 Å². The van der Waals surface area contributed by atoms with E-state index in [-0.39, 0.29) is 0 Å². The van der Waals surface area contributed by atoms with Crippen LogP contribution < -0.4 is 4.90 Å². The van der Waals surface area contributed by atoms with Crippen LogP contribution in [0, 0.1) is 0 Å². The molecule has 0 aliphatic heterocycles. The molecule has 0 bridgehead atoms. The lowest BCUT2D eigenvalue weighted by Gasteiger charge is -2.26. The molecule has 7 aromatic carbocycles. The molecule has 0 fully saturated rings. The molecule has 3 aromatic heterocycles. The Morgan fingerprint density at radius 1 is 0.392 bits per heavy atom. The van der Waals surface area contributed by atoms with E-state index in [1.165, 1.54) is 16.2 Å². The minimum Gasteiger partial charge on any atom is -0.310 e. The Hall–Kier alpha value is -6.91. The number of hydrogen-bond acceptors (Lipinski definition) is 4. The van der Waals surface area contributed by atoms with Crippen LogP contribution in [0.3, 0.4) is 0 Å². The molecule has 4 heteroatoms. The minimum absolute atomic E-state index is 0.897. The molecule has 0 aliphatic carbocycles. The zero-order valence-electron chi connectivity index (χ0n) is 27.6. The van der Waals surface area contributed by atoms with Gasteiger partial charge in [-0.25, -0.2) is 4.98 Å². The van der Waals surface area contributed by atoms with E-state index in [0.717, 1.165) is 77.5 Å². The summed E-state index contributed by atoms with van der Waals surface area (Å²) in [4.78, 5) is 17.5. The fourth-order valence-corrected chi connectivity index (χ4v) is 7.62. The maximum absolute atomic E-state index is 5.57. The number of rotatable bonds is 5. The summed E-state index contributed by atoms with van der Waals surface area (Å²) in [6.07, 6.45) is 3.76. The molecule has 0 saturated heterocycles. The van der Waals surface area contributed by atoms with Gasteiger partial charge < -0.3 is 4.90 Å². The van der Waals surface area contributed by atoms with Crippen molar-refractivity contribution in [3.63, 3.8) is 0 Å². The molecule has 4 nitrogen and oxygen atoms in total. The Kier molecular flexibility index (Phi) is 6.78. The van der Waals surface area contributed by atoms with Crippen molar-refractivity contribution in [1.82, 2.24) is 15.0 Å². The Morgan fingerprint density at radius 3 is 1.84 bits per heavy atom. The SMILES string of the molecule is c1ccc(-c2nc3cc(N(c4ccccc4)c4ccccc4)ccc3c3c2c(-c2ccnc4c2ccc2cccnc24)cc2ccccc23)cc1. The molecule has 0 radical (unpaired) electrons. The number of nitrogens with zero attached hydrogens (tertiary/aromatic N) is 4. The molecule has 0 saturated carbocycles. The fourth-order valence-electron chi connectivity index (χ4n) is 7.62. The zero-order chi connectivity index (χ0) is 33.7. The van der Waals surface area contributed by atoms with E-state index < -0.39 is 0 Å². The van der Waals surface area contributed by atoms with E-state index in [4.69, 9.17) is 15.0 Å². The lowest BCUT2D eigenvalue weighted by molar-refractivity contribution is 1.28. The number of hydrogen-bond donors (Lipinski definition) is 0.